The number of carbonyl (C=O) groups excluding carboxylic acids is 2. The van der Waals surface area contributed by atoms with E-state index in [0.717, 1.165) is 5.56 Å². The molecule has 0 aliphatic heterocycles. The summed E-state index contributed by atoms with van der Waals surface area (Å²) in [5.41, 5.74) is 0.764. The van der Waals surface area contributed by atoms with E-state index in [9.17, 15) is 9.59 Å². The third-order valence-electron chi connectivity index (χ3n) is 3.01. The summed E-state index contributed by atoms with van der Waals surface area (Å²) in [6.07, 6.45) is -0.291. The molecule has 1 aliphatic carbocycles. The van der Waals surface area contributed by atoms with Gasteiger partial charge in [-0.25, -0.2) is 4.79 Å². The van der Waals surface area contributed by atoms with Gasteiger partial charge in [0.25, 0.3) is 0 Å². The monoisotopic (exact) mass is 277 g/mol. The molecule has 5 nitrogen and oxygen atoms in total. The standard InChI is InChI=1S/C15H19NO4/c1-15(2,3)20-14(18)16-10-8-11(17)13-9(10)6-5-7-12(13)19-4/h5-7,10H,8H2,1-4H3,(H,16,18). The van der Waals surface area contributed by atoms with Crippen LogP contribution in [0, 0.1) is 0 Å². The highest BCUT2D eigenvalue weighted by Crippen LogP contribution is 2.36. The molecular weight excluding hydrogens is 258 g/mol. The molecule has 5 heteroatoms. The number of hydrogen-bond acceptors (Lipinski definition) is 4. The number of hydrogen-bond donors (Lipinski definition) is 1. The van der Waals surface area contributed by atoms with Crippen molar-refractivity contribution >= 4 is 11.9 Å². The van der Waals surface area contributed by atoms with E-state index in [4.69, 9.17) is 9.47 Å². The summed E-state index contributed by atoms with van der Waals surface area (Å²) in [6.45, 7) is 5.38. The molecule has 1 unspecified atom stereocenters. The number of ketones is 1. The van der Waals surface area contributed by atoms with Crippen LogP contribution in [0.2, 0.25) is 0 Å². The highest BCUT2D eigenvalue weighted by Gasteiger charge is 2.33. The highest BCUT2D eigenvalue weighted by atomic mass is 16.6. The Morgan fingerprint density at radius 1 is 1.35 bits per heavy atom. The van der Waals surface area contributed by atoms with Crippen LogP contribution in [0.15, 0.2) is 18.2 Å². The number of rotatable bonds is 2. The Morgan fingerprint density at radius 2 is 2.05 bits per heavy atom. The Bertz CT molecular complexity index is 545. The maximum Gasteiger partial charge on any atom is 0.408 e. The summed E-state index contributed by atoms with van der Waals surface area (Å²) in [6, 6.07) is 5.01. The van der Waals surface area contributed by atoms with Crippen molar-refractivity contribution in [3.63, 3.8) is 0 Å². The minimum atomic E-state index is -0.566. The summed E-state index contributed by atoms with van der Waals surface area (Å²) >= 11 is 0. The van der Waals surface area contributed by atoms with Crippen molar-refractivity contribution in [2.75, 3.05) is 7.11 Å². The molecule has 0 fully saturated rings. The molecule has 1 aromatic rings. The van der Waals surface area contributed by atoms with E-state index in [-0.39, 0.29) is 18.2 Å². The molecule has 0 bridgehead atoms. The molecule has 20 heavy (non-hydrogen) atoms. The fraction of sp³-hybridized carbons (Fsp3) is 0.467. The molecule has 0 spiro atoms. The second-order valence-corrected chi connectivity index (χ2v) is 5.75. The minimum absolute atomic E-state index is 0.0292. The maximum atomic E-state index is 12.1. The molecule has 1 aliphatic rings. The average molecular weight is 277 g/mol. The van der Waals surface area contributed by atoms with Crippen molar-refractivity contribution in [3.05, 3.63) is 29.3 Å². The second-order valence-electron chi connectivity index (χ2n) is 5.75. The van der Waals surface area contributed by atoms with Gasteiger partial charge < -0.3 is 14.8 Å². The number of methoxy groups -OCH3 is 1. The normalized spacial score (nSPS) is 17.6. The summed E-state index contributed by atoms with van der Waals surface area (Å²) in [5, 5.41) is 2.74. The first-order chi connectivity index (χ1) is 9.31. The zero-order valence-corrected chi connectivity index (χ0v) is 12.1. The molecule has 1 amide bonds. The summed E-state index contributed by atoms with van der Waals surface area (Å²) < 4.78 is 10.4. The van der Waals surface area contributed by atoms with E-state index in [1.54, 1.807) is 32.9 Å². The molecule has 1 N–H and O–H groups in total. The first-order valence-electron chi connectivity index (χ1n) is 6.51. The Kier molecular flexibility index (Phi) is 3.70. The third kappa shape index (κ3) is 2.92. The van der Waals surface area contributed by atoms with Crippen molar-refractivity contribution in [1.82, 2.24) is 5.32 Å². The average Bonchev–Trinajstić information content (AvgIpc) is 2.64. The quantitative estimate of drug-likeness (QED) is 0.902. The molecule has 0 aromatic heterocycles. The van der Waals surface area contributed by atoms with E-state index < -0.39 is 11.7 Å². The molecule has 0 heterocycles. The van der Waals surface area contributed by atoms with Crippen molar-refractivity contribution in [1.29, 1.82) is 0 Å². The summed E-state index contributed by atoms with van der Waals surface area (Å²) in [4.78, 5) is 23.9. The van der Waals surface area contributed by atoms with Crippen LogP contribution < -0.4 is 10.1 Å². The van der Waals surface area contributed by atoms with Crippen LogP contribution in [-0.2, 0) is 4.74 Å². The highest BCUT2D eigenvalue weighted by molar-refractivity contribution is 6.04. The van der Waals surface area contributed by atoms with Gasteiger partial charge in [-0.3, -0.25) is 4.79 Å². The lowest BCUT2D eigenvalue weighted by Gasteiger charge is -2.21. The van der Waals surface area contributed by atoms with Crippen LogP contribution in [0.1, 0.15) is 49.2 Å². The second kappa shape index (κ2) is 5.15. The largest absolute Gasteiger partial charge is 0.496 e. The van der Waals surface area contributed by atoms with Crippen LogP contribution >= 0.6 is 0 Å². The van der Waals surface area contributed by atoms with Crippen molar-refractivity contribution in [3.8, 4) is 5.75 Å². The zero-order chi connectivity index (χ0) is 14.9. The van der Waals surface area contributed by atoms with Crippen LogP contribution in [0.25, 0.3) is 0 Å². The molecule has 108 valence electrons. The minimum Gasteiger partial charge on any atom is -0.496 e. The fourth-order valence-electron chi connectivity index (χ4n) is 2.28. The van der Waals surface area contributed by atoms with Crippen molar-refractivity contribution in [2.24, 2.45) is 0 Å². The molecule has 0 radical (unpaired) electrons. The van der Waals surface area contributed by atoms with E-state index in [0.29, 0.717) is 11.3 Å². The van der Waals surface area contributed by atoms with Crippen LogP contribution in [0.5, 0.6) is 5.75 Å². The topological polar surface area (TPSA) is 64.6 Å². The number of benzene rings is 1. The van der Waals surface area contributed by atoms with E-state index in [1.165, 1.54) is 7.11 Å². The van der Waals surface area contributed by atoms with Gasteiger partial charge in [-0.05, 0) is 32.4 Å². The first kappa shape index (κ1) is 14.4. The van der Waals surface area contributed by atoms with Crippen LogP contribution in [0.4, 0.5) is 4.79 Å². The van der Waals surface area contributed by atoms with Gasteiger partial charge in [0.05, 0.1) is 18.7 Å². The Labute approximate surface area is 118 Å². The smallest absolute Gasteiger partial charge is 0.408 e. The van der Waals surface area contributed by atoms with Crippen molar-refractivity contribution in [2.45, 2.75) is 38.8 Å². The van der Waals surface area contributed by atoms with Gasteiger partial charge in [0, 0.05) is 6.42 Å². The van der Waals surface area contributed by atoms with Gasteiger partial charge in [0.2, 0.25) is 0 Å². The Balaban J connectivity index is 2.19. The fourth-order valence-corrected chi connectivity index (χ4v) is 2.28. The van der Waals surface area contributed by atoms with Gasteiger partial charge in [-0.1, -0.05) is 12.1 Å². The lowest BCUT2D eigenvalue weighted by atomic mass is 10.1. The van der Waals surface area contributed by atoms with Gasteiger partial charge in [-0.2, -0.15) is 0 Å². The number of ether oxygens (including phenoxy) is 2. The van der Waals surface area contributed by atoms with Crippen molar-refractivity contribution < 1.29 is 19.1 Å². The number of amides is 1. The predicted octanol–water partition coefficient (Wildman–Crippen LogP) is 2.85. The molecule has 1 aromatic carbocycles. The van der Waals surface area contributed by atoms with Gasteiger partial charge >= 0.3 is 6.09 Å². The number of carbonyl (C=O) groups is 2. The molecule has 0 saturated carbocycles. The van der Waals surface area contributed by atoms with Crippen LogP contribution in [0.3, 0.4) is 0 Å². The lowest BCUT2D eigenvalue weighted by molar-refractivity contribution is 0.0504. The molecule has 0 saturated heterocycles. The summed E-state index contributed by atoms with van der Waals surface area (Å²) in [5.74, 6) is 0.513. The molecular formula is C15H19NO4. The third-order valence-corrected chi connectivity index (χ3v) is 3.01. The van der Waals surface area contributed by atoms with E-state index >= 15 is 0 Å². The molecule has 1 atom stereocenters. The predicted molar refractivity (Wildman–Crippen MR) is 74.1 cm³/mol. The number of fused-ring (bicyclic) bond motifs is 1. The number of Topliss-reactive ketones (excluding diaryl/α,β-unsaturated/α-hetero) is 1. The van der Waals surface area contributed by atoms with Gasteiger partial charge in [0.15, 0.2) is 5.78 Å². The van der Waals surface area contributed by atoms with E-state index in [1.807, 2.05) is 6.07 Å². The number of nitrogens with one attached hydrogen (secondary N) is 1. The van der Waals surface area contributed by atoms with Crippen LogP contribution in [-0.4, -0.2) is 24.6 Å². The zero-order valence-electron chi connectivity index (χ0n) is 12.1. The first-order valence-corrected chi connectivity index (χ1v) is 6.51. The Morgan fingerprint density at radius 3 is 2.65 bits per heavy atom. The lowest BCUT2D eigenvalue weighted by Crippen LogP contribution is -2.34. The van der Waals surface area contributed by atoms with E-state index in [2.05, 4.69) is 5.32 Å². The number of alkyl carbamates (subject to hydrolysis) is 1. The Hall–Kier alpha value is -2.04. The SMILES string of the molecule is COc1cccc2c1C(=O)CC2NC(=O)OC(C)(C)C. The van der Waals surface area contributed by atoms with Gasteiger partial charge in [0.1, 0.15) is 11.4 Å². The summed E-state index contributed by atoms with van der Waals surface area (Å²) in [7, 11) is 1.53. The van der Waals surface area contributed by atoms with Gasteiger partial charge in [-0.15, -0.1) is 0 Å². The molecule has 2 rings (SSSR count). The maximum absolute atomic E-state index is 12.1.